The van der Waals surface area contributed by atoms with Crippen LogP contribution in [0.25, 0.3) is 0 Å². The number of nitrogens with zero attached hydrogens (tertiary/aromatic N) is 1. The van der Waals surface area contributed by atoms with Crippen molar-refractivity contribution in [2.24, 2.45) is 5.92 Å². The maximum atomic E-state index is 10.9. The van der Waals surface area contributed by atoms with Crippen molar-refractivity contribution in [2.75, 3.05) is 19.0 Å². The second kappa shape index (κ2) is 6.08. The molecule has 0 aliphatic carbocycles. The molecule has 0 bridgehead atoms. The molecule has 0 aliphatic heterocycles. The van der Waals surface area contributed by atoms with Gasteiger partial charge in [0.05, 0.1) is 18.1 Å². The van der Waals surface area contributed by atoms with Gasteiger partial charge in [0, 0.05) is 6.54 Å². The highest BCUT2D eigenvalue weighted by atomic mass is 16.6. The molecule has 5 nitrogen and oxygen atoms in total. The lowest BCUT2D eigenvalue weighted by Crippen LogP contribution is -2.06. The minimum Gasteiger partial charge on any atom is -0.496 e. The Morgan fingerprint density at radius 2 is 2.18 bits per heavy atom. The molecule has 17 heavy (non-hydrogen) atoms. The number of hydrogen-bond acceptors (Lipinski definition) is 4. The van der Waals surface area contributed by atoms with Gasteiger partial charge in [-0.3, -0.25) is 10.1 Å². The predicted octanol–water partition coefficient (Wildman–Crippen LogP) is 3.06. The van der Waals surface area contributed by atoms with Crippen LogP contribution >= 0.6 is 0 Å². The van der Waals surface area contributed by atoms with E-state index in [-0.39, 0.29) is 5.69 Å². The fraction of sp³-hybridized carbons (Fsp3) is 0.500. The van der Waals surface area contributed by atoms with Crippen molar-refractivity contribution in [3.63, 3.8) is 0 Å². The Balaban J connectivity index is 2.80. The monoisotopic (exact) mass is 238 g/mol. The number of benzene rings is 1. The molecule has 5 heteroatoms. The van der Waals surface area contributed by atoms with Crippen molar-refractivity contribution in [1.82, 2.24) is 0 Å². The predicted molar refractivity (Wildman–Crippen MR) is 67.6 cm³/mol. The number of nitro benzene ring substituents is 1. The molecule has 1 N–H and O–H groups in total. The normalized spacial score (nSPS) is 10.4. The molecule has 1 rings (SSSR count). The number of nitrogens with one attached hydrogen (secondary N) is 1. The lowest BCUT2D eigenvalue weighted by atomic mass is 10.1. The van der Waals surface area contributed by atoms with Crippen LogP contribution in [0.3, 0.4) is 0 Å². The molecule has 1 aromatic carbocycles. The van der Waals surface area contributed by atoms with E-state index >= 15 is 0 Å². The van der Waals surface area contributed by atoms with Crippen molar-refractivity contribution in [3.05, 3.63) is 28.3 Å². The van der Waals surface area contributed by atoms with Crippen LogP contribution in [-0.4, -0.2) is 18.6 Å². The zero-order valence-electron chi connectivity index (χ0n) is 10.4. The molecule has 0 amide bonds. The first-order chi connectivity index (χ1) is 8.04. The summed E-state index contributed by atoms with van der Waals surface area (Å²) in [5.74, 6) is 1.06. The Morgan fingerprint density at radius 1 is 1.47 bits per heavy atom. The van der Waals surface area contributed by atoms with Crippen LogP contribution in [0, 0.1) is 16.0 Å². The lowest BCUT2D eigenvalue weighted by Gasteiger charge is -2.09. The lowest BCUT2D eigenvalue weighted by molar-refractivity contribution is -0.384. The van der Waals surface area contributed by atoms with Gasteiger partial charge >= 0.3 is 0 Å². The zero-order chi connectivity index (χ0) is 12.8. The van der Waals surface area contributed by atoms with Gasteiger partial charge in [0.1, 0.15) is 11.4 Å². The summed E-state index contributed by atoms with van der Waals surface area (Å²) < 4.78 is 4.97. The number of nitro groups is 1. The minimum absolute atomic E-state index is 0.0492. The topological polar surface area (TPSA) is 64.4 Å². The first-order valence-corrected chi connectivity index (χ1v) is 5.61. The molecule has 0 unspecified atom stereocenters. The molecule has 0 saturated heterocycles. The van der Waals surface area contributed by atoms with Gasteiger partial charge in [0.2, 0.25) is 0 Å². The van der Waals surface area contributed by atoms with E-state index in [1.807, 2.05) is 0 Å². The Hall–Kier alpha value is -1.78. The summed E-state index contributed by atoms with van der Waals surface area (Å²) in [6.45, 7) is 4.96. The highest BCUT2D eigenvalue weighted by Crippen LogP contribution is 2.28. The van der Waals surface area contributed by atoms with Gasteiger partial charge in [-0.15, -0.1) is 0 Å². The van der Waals surface area contributed by atoms with Crippen LogP contribution < -0.4 is 10.1 Å². The summed E-state index contributed by atoms with van der Waals surface area (Å²) in [4.78, 5) is 10.5. The van der Waals surface area contributed by atoms with Gasteiger partial charge < -0.3 is 10.1 Å². The average Bonchev–Trinajstić information content (AvgIpc) is 2.28. The van der Waals surface area contributed by atoms with Crippen LogP contribution in [-0.2, 0) is 0 Å². The summed E-state index contributed by atoms with van der Waals surface area (Å²) >= 11 is 0. The molecular weight excluding hydrogens is 220 g/mol. The fourth-order valence-corrected chi connectivity index (χ4v) is 1.43. The molecule has 0 aliphatic rings. The van der Waals surface area contributed by atoms with Crippen LogP contribution in [0.2, 0.25) is 0 Å². The van der Waals surface area contributed by atoms with Gasteiger partial charge in [0.15, 0.2) is 0 Å². The van der Waals surface area contributed by atoms with E-state index in [1.54, 1.807) is 12.1 Å². The third kappa shape index (κ3) is 3.94. The summed E-state index contributed by atoms with van der Waals surface area (Å²) in [5.41, 5.74) is 0.588. The summed E-state index contributed by atoms with van der Waals surface area (Å²) in [6.07, 6.45) is 0.975. The Kier molecular flexibility index (Phi) is 4.75. The van der Waals surface area contributed by atoms with Crippen LogP contribution in [0.15, 0.2) is 18.2 Å². The van der Waals surface area contributed by atoms with Crippen molar-refractivity contribution < 1.29 is 9.66 Å². The molecule has 0 fully saturated rings. The van der Waals surface area contributed by atoms with Gasteiger partial charge in [-0.1, -0.05) is 13.8 Å². The summed E-state index contributed by atoms with van der Waals surface area (Å²) in [7, 11) is 1.49. The third-order valence-electron chi connectivity index (χ3n) is 2.44. The van der Waals surface area contributed by atoms with E-state index in [0.29, 0.717) is 17.4 Å². The first-order valence-electron chi connectivity index (χ1n) is 5.61. The highest BCUT2D eigenvalue weighted by Gasteiger charge is 2.14. The molecular formula is C12H18N2O3. The van der Waals surface area contributed by atoms with E-state index < -0.39 is 4.92 Å². The molecule has 0 spiro atoms. The number of rotatable bonds is 6. The van der Waals surface area contributed by atoms with E-state index in [9.17, 15) is 10.1 Å². The minimum atomic E-state index is -0.403. The molecule has 0 heterocycles. The molecule has 0 saturated carbocycles. The largest absolute Gasteiger partial charge is 0.496 e. The molecule has 94 valence electrons. The third-order valence-corrected chi connectivity index (χ3v) is 2.44. The van der Waals surface area contributed by atoms with Crippen molar-refractivity contribution in [2.45, 2.75) is 20.3 Å². The summed E-state index contributed by atoms with van der Waals surface area (Å²) in [5, 5.41) is 14.0. The smallest absolute Gasteiger partial charge is 0.296 e. The number of ether oxygens (including phenoxy) is 1. The van der Waals surface area contributed by atoms with Crippen molar-refractivity contribution >= 4 is 11.4 Å². The summed E-state index contributed by atoms with van der Waals surface area (Å²) in [6, 6.07) is 4.82. The van der Waals surface area contributed by atoms with Gasteiger partial charge in [0.25, 0.3) is 5.69 Å². The van der Waals surface area contributed by atoms with E-state index in [4.69, 9.17) is 4.74 Å². The molecule has 1 aromatic rings. The van der Waals surface area contributed by atoms with E-state index in [0.717, 1.165) is 13.0 Å². The van der Waals surface area contributed by atoms with E-state index in [2.05, 4.69) is 19.2 Å². The molecule has 0 radical (unpaired) electrons. The van der Waals surface area contributed by atoms with Crippen molar-refractivity contribution in [1.29, 1.82) is 0 Å². The van der Waals surface area contributed by atoms with E-state index in [1.165, 1.54) is 13.2 Å². The second-order valence-corrected chi connectivity index (χ2v) is 4.25. The number of hydrogen-bond donors (Lipinski definition) is 1. The number of anilines is 1. The first kappa shape index (κ1) is 13.3. The van der Waals surface area contributed by atoms with Gasteiger partial charge in [-0.2, -0.15) is 0 Å². The Labute approximate surface area is 101 Å². The standard InChI is InChI=1S/C12H18N2O3/c1-9(2)6-7-13-11-5-4-10(17-3)8-12(11)14(15)16/h4-5,8-9,13H,6-7H2,1-3H3. The molecule has 0 aromatic heterocycles. The Bertz CT molecular complexity index is 391. The van der Waals surface area contributed by atoms with Crippen molar-refractivity contribution in [3.8, 4) is 5.75 Å². The van der Waals surface area contributed by atoms with Crippen LogP contribution in [0.5, 0.6) is 5.75 Å². The van der Waals surface area contributed by atoms with Crippen LogP contribution in [0.4, 0.5) is 11.4 Å². The maximum Gasteiger partial charge on any atom is 0.296 e. The average molecular weight is 238 g/mol. The highest BCUT2D eigenvalue weighted by molar-refractivity contribution is 5.63. The Morgan fingerprint density at radius 3 is 2.71 bits per heavy atom. The zero-order valence-corrected chi connectivity index (χ0v) is 10.4. The maximum absolute atomic E-state index is 10.9. The van der Waals surface area contributed by atoms with Gasteiger partial charge in [-0.05, 0) is 24.5 Å². The van der Waals surface area contributed by atoms with Gasteiger partial charge in [-0.25, -0.2) is 0 Å². The number of methoxy groups -OCH3 is 1. The molecule has 0 atom stereocenters. The second-order valence-electron chi connectivity index (χ2n) is 4.25. The fourth-order valence-electron chi connectivity index (χ4n) is 1.43. The SMILES string of the molecule is COc1ccc(NCCC(C)C)c([N+](=O)[O-])c1. The van der Waals surface area contributed by atoms with Crippen LogP contribution in [0.1, 0.15) is 20.3 Å². The quantitative estimate of drug-likeness (QED) is 0.611.